The molecule has 4 saturated carbocycles. The van der Waals surface area contributed by atoms with Crippen LogP contribution in [0.1, 0.15) is 84.0 Å². The van der Waals surface area contributed by atoms with Crippen LogP contribution in [-0.4, -0.2) is 84.3 Å². The van der Waals surface area contributed by atoms with E-state index in [-0.39, 0.29) is 24.9 Å². The van der Waals surface area contributed by atoms with Crippen molar-refractivity contribution in [3.05, 3.63) is 72.3 Å². The largest absolute Gasteiger partial charge is 0.467 e. The first-order chi connectivity index (χ1) is 26.8. The molecule has 2 aromatic carbocycles. The summed E-state index contributed by atoms with van der Waals surface area (Å²) in [5.41, 5.74) is -6.78. The number of hydrogen-bond donors (Lipinski definition) is 1. The van der Waals surface area contributed by atoms with E-state index in [1.165, 1.54) is 27.0 Å². The fourth-order valence-electron chi connectivity index (χ4n) is 13.2. The van der Waals surface area contributed by atoms with Gasteiger partial charge in [0.15, 0.2) is 6.10 Å². The molecule has 57 heavy (non-hydrogen) atoms. The van der Waals surface area contributed by atoms with Crippen LogP contribution in [0, 0.1) is 39.4 Å². The summed E-state index contributed by atoms with van der Waals surface area (Å²) < 4.78 is 36.3. The summed E-state index contributed by atoms with van der Waals surface area (Å²) in [6.45, 7) is 14.5. The molecule has 12 heteroatoms. The second-order valence-corrected chi connectivity index (χ2v) is 18.1. The predicted octanol–water partition coefficient (Wildman–Crippen LogP) is 5.82. The SMILES string of the molecule is C=C1C[C@@]2(O)C3CC[C@]4(C)C(CC[C@@]5(C(C)OC(=O)c6ccc7ccccc7c6)COC(=O)C=C[C@H]54)[C@@]3(C)[C@H](OC(C)=O)[C@H](OC(C)=O)[C@@]2(C)[C@]2(C(=O)OC)O[C@H]12. The van der Waals surface area contributed by atoms with Gasteiger partial charge in [-0.25, -0.2) is 14.4 Å². The summed E-state index contributed by atoms with van der Waals surface area (Å²) >= 11 is 0. The van der Waals surface area contributed by atoms with Crippen LogP contribution >= 0.6 is 0 Å². The number of benzene rings is 2. The topological polar surface area (TPSA) is 164 Å². The first-order valence-corrected chi connectivity index (χ1v) is 19.9. The van der Waals surface area contributed by atoms with Gasteiger partial charge < -0.3 is 33.5 Å². The Balaban J connectivity index is 1.24. The van der Waals surface area contributed by atoms with Crippen LogP contribution in [0.5, 0.6) is 0 Å². The maximum Gasteiger partial charge on any atom is 0.342 e. The zero-order valence-corrected chi connectivity index (χ0v) is 33.6. The smallest absolute Gasteiger partial charge is 0.342 e. The van der Waals surface area contributed by atoms with E-state index in [4.69, 9.17) is 28.4 Å². The standard InChI is InChI=1S/C45H52O12/c1-24-22-44(51)33-17-19-40(5)31(41(33,6)36(55-26(3)46)37(56-27(4)47)42(44,7)45(35(24)57-45)39(50)52-8)18-20-43(23-53-34(48)16-15-32(40)43)25(2)54-38(49)30-14-13-28-11-9-10-12-29(28)21-30/h9-16,21,25,31-33,35-37,51H,1,17-20,22-23H2,2-8H3/t25?,31?,32-,33?,35+,36+,37-,40+,41+,42+,43-,44+,45-/m0/s1. The molecule has 4 aliphatic carbocycles. The van der Waals surface area contributed by atoms with Crippen molar-refractivity contribution in [2.75, 3.05) is 13.7 Å². The van der Waals surface area contributed by atoms with Crippen molar-refractivity contribution in [1.82, 2.24) is 0 Å². The molecule has 8 rings (SSSR count). The summed E-state index contributed by atoms with van der Waals surface area (Å²) in [6, 6.07) is 13.2. The van der Waals surface area contributed by atoms with Crippen LogP contribution in [-0.2, 0) is 47.6 Å². The van der Waals surface area contributed by atoms with Crippen LogP contribution in [0.3, 0.4) is 0 Å². The van der Waals surface area contributed by atoms with Gasteiger partial charge in [0.1, 0.15) is 24.9 Å². The van der Waals surface area contributed by atoms with Gasteiger partial charge in [-0.05, 0) is 91.2 Å². The number of hydrogen-bond acceptors (Lipinski definition) is 12. The van der Waals surface area contributed by atoms with Gasteiger partial charge in [0, 0.05) is 37.2 Å². The van der Waals surface area contributed by atoms with Crippen LogP contribution in [0.2, 0.25) is 0 Å². The Morgan fingerprint density at radius 3 is 2.28 bits per heavy atom. The molecule has 3 unspecified atom stereocenters. The van der Waals surface area contributed by atoms with Crippen molar-refractivity contribution in [1.29, 1.82) is 0 Å². The van der Waals surface area contributed by atoms with Gasteiger partial charge in [-0.15, -0.1) is 0 Å². The maximum absolute atomic E-state index is 13.9. The highest BCUT2D eigenvalue weighted by Crippen LogP contribution is 2.78. The van der Waals surface area contributed by atoms with E-state index < -0.39 is 93.0 Å². The van der Waals surface area contributed by atoms with Gasteiger partial charge in [0.05, 0.1) is 23.7 Å². The number of methoxy groups -OCH3 is 1. The first-order valence-electron chi connectivity index (χ1n) is 19.9. The summed E-state index contributed by atoms with van der Waals surface area (Å²) in [5.74, 6) is -4.36. The number of esters is 5. The first kappa shape index (κ1) is 39.3. The Morgan fingerprint density at radius 1 is 0.930 bits per heavy atom. The van der Waals surface area contributed by atoms with Crippen molar-refractivity contribution in [3.63, 3.8) is 0 Å². The summed E-state index contributed by atoms with van der Waals surface area (Å²) in [7, 11) is 1.24. The molecule has 304 valence electrons. The fraction of sp³-hybridized carbons (Fsp3) is 0.578. The molecule has 1 saturated heterocycles. The Labute approximate surface area is 332 Å². The van der Waals surface area contributed by atoms with E-state index in [0.717, 1.165) is 10.8 Å². The molecule has 13 atom stereocenters. The third-order valence-electron chi connectivity index (χ3n) is 15.7. The third kappa shape index (κ3) is 5.14. The highest BCUT2D eigenvalue weighted by molar-refractivity contribution is 5.95. The van der Waals surface area contributed by atoms with Crippen LogP contribution in [0.4, 0.5) is 0 Å². The van der Waals surface area contributed by atoms with E-state index in [1.807, 2.05) is 56.3 Å². The lowest BCUT2D eigenvalue weighted by Crippen LogP contribution is -2.82. The zero-order valence-electron chi connectivity index (χ0n) is 33.6. The maximum atomic E-state index is 13.9. The number of cyclic esters (lactones) is 1. The fourth-order valence-corrected chi connectivity index (χ4v) is 13.2. The van der Waals surface area contributed by atoms with Crippen LogP contribution in [0.15, 0.2) is 66.8 Å². The molecule has 0 amide bonds. The number of epoxide rings is 1. The number of rotatable bonds is 6. The minimum Gasteiger partial charge on any atom is -0.467 e. The Morgan fingerprint density at radius 2 is 1.60 bits per heavy atom. The Bertz CT molecular complexity index is 2130. The van der Waals surface area contributed by atoms with Gasteiger partial charge in [0.2, 0.25) is 5.60 Å². The lowest BCUT2D eigenvalue weighted by Gasteiger charge is -2.73. The van der Waals surface area contributed by atoms with Gasteiger partial charge >= 0.3 is 29.8 Å². The molecule has 0 aromatic heterocycles. The van der Waals surface area contributed by atoms with Crippen molar-refractivity contribution in [2.45, 2.75) is 109 Å². The minimum atomic E-state index is -1.75. The quantitative estimate of drug-likeness (QED) is 0.162. The minimum absolute atomic E-state index is 0.00375. The second-order valence-electron chi connectivity index (χ2n) is 18.1. The molecule has 1 N–H and O–H groups in total. The van der Waals surface area contributed by atoms with E-state index in [0.29, 0.717) is 36.8 Å². The van der Waals surface area contributed by atoms with Crippen LogP contribution in [0.25, 0.3) is 10.8 Å². The molecule has 0 radical (unpaired) electrons. The molecular formula is C45H52O12. The Kier molecular flexibility index (Phi) is 8.94. The molecule has 0 bridgehead atoms. The van der Waals surface area contributed by atoms with E-state index in [9.17, 15) is 29.1 Å². The molecule has 2 aromatic rings. The highest BCUT2D eigenvalue weighted by Gasteiger charge is 2.90. The van der Waals surface area contributed by atoms with E-state index in [1.54, 1.807) is 13.0 Å². The molecule has 2 heterocycles. The molecule has 5 fully saturated rings. The van der Waals surface area contributed by atoms with E-state index in [2.05, 4.69) is 13.5 Å². The summed E-state index contributed by atoms with van der Waals surface area (Å²) in [5, 5.41) is 15.4. The van der Waals surface area contributed by atoms with Crippen molar-refractivity contribution < 1.29 is 57.5 Å². The average Bonchev–Trinajstić information content (AvgIpc) is 3.96. The predicted molar refractivity (Wildman–Crippen MR) is 204 cm³/mol. The molecular weight excluding hydrogens is 732 g/mol. The normalized spacial score (nSPS) is 42.0. The lowest BCUT2D eigenvalue weighted by atomic mass is 9.32. The van der Waals surface area contributed by atoms with Crippen molar-refractivity contribution >= 4 is 40.6 Å². The molecule has 6 aliphatic rings. The summed E-state index contributed by atoms with van der Waals surface area (Å²) in [4.78, 5) is 67.1. The molecule has 12 nitrogen and oxygen atoms in total. The number of carbonyl (C=O) groups excluding carboxylic acids is 5. The van der Waals surface area contributed by atoms with Crippen LogP contribution < -0.4 is 0 Å². The highest BCUT2D eigenvalue weighted by atomic mass is 16.7. The molecule has 0 spiro atoms. The number of fused-ring (bicyclic) bond motifs is 10. The number of aliphatic hydroxyl groups is 1. The monoisotopic (exact) mass is 784 g/mol. The van der Waals surface area contributed by atoms with Gasteiger partial charge in [-0.3, -0.25) is 9.59 Å². The Hall–Kier alpha value is -4.55. The van der Waals surface area contributed by atoms with Crippen molar-refractivity contribution in [3.8, 4) is 0 Å². The second kappa shape index (κ2) is 13.0. The van der Waals surface area contributed by atoms with Gasteiger partial charge in [0.25, 0.3) is 0 Å². The third-order valence-corrected chi connectivity index (χ3v) is 15.7. The summed E-state index contributed by atoms with van der Waals surface area (Å²) in [6.07, 6.45) is 1.27. The van der Waals surface area contributed by atoms with Crippen molar-refractivity contribution in [2.24, 2.45) is 39.4 Å². The lowest BCUT2D eigenvalue weighted by molar-refractivity contribution is -0.336. The van der Waals surface area contributed by atoms with E-state index >= 15 is 0 Å². The van der Waals surface area contributed by atoms with Gasteiger partial charge in [-0.1, -0.05) is 56.8 Å². The zero-order chi connectivity index (χ0) is 41.1. The number of ether oxygens (including phenoxy) is 6. The van der Waals surface area contributed by atoms with Gasteiger partial charge in [-0.2, -0.15) is 0 Å². The number of allylic oxidation sites excluding steroid dienone is 1. The number of carbonyl (C=O) groups is 5. The molecule has 2 aliphatic heterocycles. The average molecular weight is 785 g/mol.